The molecule has 0 saturated heterocycles. The molecule has 0 spiro atoms. The molecule has 0 fully saturated rings. The highest BCUT2D eigenvalue weighted by molar-refractivity contribution is 6.04. The van der Waals surface area contributed by atoms with Crippen molar-refractivity contribution in [2.45, 2.75) is 19.9 Å². The van der Waals surface area contributed by atoms with Crippen molar-refractivity contribution in [3.8, 4) is 0 Å². The molecule has 78 valence electrons. The summed E-state index contributed by atoms with van der Waals surface area (Å²) in [6.07, 6.45) is 0. The van der Waals surface area contributed by atoms with Crippen LogP contribution in [0.3, 0.4) is 0 Å². The molecule has 0 aromatic rings. The zero-order valence-electron chi connectivity index (χ0n) is 7.60. The Morgan fingerprint density at radius 1 is 0.929 bits per heavy atom. The molecule has 7 nitrogen and oxygen atoms in total. The zero-order chi connectivity index (χ0) is 11.3. The van der Waals surface area contributed by atoms with E-state index in [9.17, 15) is 19.2 Å². The molecular formula is C7H9NO6. The van der Waals surface area contributed by atoms with Crippen LogP contribution in [-0.2, 0) is 28.7 Å². The first-order chi connectivity index (χ1) is 6.34. The highest BCUT2D eigenvalue weighted by Crippen LogP contribution is 1.91. The molecule has 7 heteroatoms. The van der Waals surface area contributed by atoms with Crippen LogP contribution in [0.1, 0.15) is 13.8 Å². The molecule has 0 aliphatic rings. The minimum Gasteiger partial charge on any atom is -0.392 e. The van der Waals surface area contributed by atoms with Crippen LogP contribution in [0, 0.1) is 0 Å². The maximum atomic E-state index is 10.8. The number of esters is 4. The molecule has 0 saturated carbocycles. The average Bonchev–Trinajstić information content (AvgIpc) is 2.00. The Labute approximate surface area is 79.1 Å². The van der Waals surface area contributed by atoms with Gasteiger partial charge in [0.25, 0.3) is 0 Å². The second-order valence-corrected chi connectivity index (χ2v) is 2.30. The summed E-state index contributed by atoms with van der Waals surface area (Å²) < 4.78 is 8.00. The van der Waals surface area contributed by atoms with E-state index in [4.69, 9.17) is 5.73 Å². The summed E-state index contributed by atoms with van der Waals surface area (Å²) >= 11 is 0. The minimum absolute atomic E-state index is 0.902. The normalized spacial score (nSPS) is 9.43. The molecule has 0 aromatic carbocycles. The van der Waals surface area contributed by atoms with Crippen molar-refractivity contribution >= 4 is 23.9 Å². The molecule has 0 atom stereocenters. The number of hydrogen-bond donors (Lipinski definition) is 1. The van der Waals surface area contributed by atoms with Gasteiger partial charge < -0.3 is 15.2 Å². The number of ether oxygens (including phenoxy) is 2. The molecular weight excluding hydrogens is 194 g/mol. The lowest BCUT2D eigenvalue weighted by atomic mass is 10.3. The quantitative estimate of drug-likeness (QED) is 0.428. The lowest BCUT2D eigenvalue weighted by Gasteiger charge is -2.06. The Kier molecular flexibility index (Phi) is 4.44. The SMILES string of the molecule is CC(=O)OC(=O)C(N)C(=O)OC(C)=O. The van der Waals surface area contributed by atoms with Crippen LogP contribution >= 0.6 is 0 Å². The van der Waals surface area contributed by atoms with Crippen molar-refractivity contribution in [3.63, 3.8) is 0 Å². The first-order valence-electron chi connectivity index (χ1n) is 3.54. The van der Waals surface area contributed by atoms with Gasteiger partial charge in [0.05, 0.1) is 0 Å². The first kappa shape index (κ1) is 12.2. The molecule has 0 amide bonds. The molecule has 2 N–H and O–H groups in total. The van der Waals surface area contributed by atoms with E-state index in [0.717, 1.165) is 13.8 Å². The molecule has 14 heavy (non-hydrogen) atoms. The molecule has 0 unspecified atom stereocenters. The highest BCUT2D eigenvalue weighted by Gasteiger charge is 2.27. The largest absolute Gasteiger partial charge is 0.392 e. The number of carbonyl (C=O) groups excluding carboxylic acids is 4. The fourth-order valence-electron chi connectivity index (χ4n) is 0.507. The van der Waals surface area contributed by atoms with Gasteiger partial charge in [-0.15, -0.1) is 0 Å². The van der Waals surface area contributed by atoms with E-state index >= 15 is 0 Å². The van der Waals surface area contributed by atoms with E-state index in [0.29, 0.717) is 0 Å². The number of carbonyl (C=O) groups is 4. The van der Waals surface area contributed by atoms with Gasteiger partial charge in [0.15, 0.2) is 0 Å². The summed E-state index contributed by atoms with van der Waals surface area (Å²) in [5, 5.41) is 0. The van der Waals surface area contributed by atoms with Crippen LogP contribution in [0.15, 0.2) is 0 Å². The molecule has 0 aromatic heterocycles. The smallest absolute Gasteiger partial charge is 0.342 e. The maximum absolute atomic E-state index is 10.8. The summed E-state index contributed by atoms with van der Waals surface area (Å²) in [7, 11) is 0. The summed E-state index contributed by atoms with van der Waals surface area (Å²) in [5.74, 6) is -4.32. The third-order valence-corrected chi connectivity index (χ3v) is 0.997. The second-order valence-electron chi connectivity index (χ2n) is 2.30. The summed E-state index contributed by atoms with van der Waals surface area (Å²) in [6, 6.07) is -1.79. The predicted molar refractivity (Wildman–Crippen MR) is 41.5 cm³/mol. The topological polar surface area (TPSA) is 113 Å². The minimum atomic E-state index is -1.79. The average molecular weight is 203 g/mol. The van der Waals surface area contributed by atoms with Gasteiger partial charge in [-0.25, -0.2) is 9.59 Å². The zero-order valence-corrected chi connectivity index (χ0v) is 7.60. The van der Waals surface area contributed by atoms with Gasteiger partial charge in [0, 0.05) is 13.8 Å². The lowest BCUT2D eigenvalue weighted by molar-refractivity contribution is -0.166. The number of rotatable bonds is 2. The number of hydrogen-bond acceptors (Lipinski definition) is 7. The summed E-state index contributed by atoms with van der Waals surface area (Å²) in [4.78, 5) is 42.2. The van der Waals surface area contributed by atoms with Crippen molar-refractivity contribution in [2.24, 2.45) is 5.73 Å². The van der Waals surface area contributed by atoms with Crippen molar-refractivity contribution in [2.75, 3.05) is 0 Å². The molecule has 0 rings (SSSR count). The van der Waals surface area contributed by atoms with Gasteiger partial charge in [0.2, 0.25) is 6.04 Å². The van der Waals surface area contributed by atoms with Crippen molar-refractivity contribution < 1.29 is 28.7 Å². The molecule has 0 bridgehead atoms. The van der Waals surface area contributed by atoms with Crippen LogP contribution in [-0.4, -0.2) is 29.9 Å². The van der Waals surface area contributed by atoms with Crippen LogP contribution in [0.5, 0.6) is 0 Å². The van der Waals surface area contributed by atoms with Crippen molar-refractivity contribution in [1.82, 2.24) is 0 Å². The van der Waals surface area contributed by atoms with E-state index in [1.807, 2.05) is 0 Å². The Morgan fingerprint density at radius 2 is 1.21 bits per heavy atom. The highest BCUT2D eigenvalue weighted by atomic mass is 16.6. The van der Waals surface area contributed by atoms with E-state index in [-0.39, 0.29) is 0 Å². The van der Waals surface area contributed by atoms with Gasteiger partial charge in [-0.1, -0.05) is 0 Å². The molecule has 0 radical (unpaired) electrons. The van der Waals surface area contributed by atoms with E-state index in [2.05, 4.69) is 9.47 Å². The molecule has 0 heterocycles. The van der Waals surface area contributed by atoms with Crippen molar-refractivity contribution in [3.05, 3.63) is 0 Å². The van der Waals surface area contributed by atoms with E-state index < -0.39 is 29.9 Å². The standard InChI is InChI=1S/C7H9NO6/c1-3(9)13-6(11)5(8)7(12)14-4(2)10/h5H,8H2,1-2H3. The van der Waals surface area contributed by atoms with Crippen LogP contribution in [0.4, 0.5) is 0 Å². The van der Waals surface area contributed by atoms with Crippen molar-refractivity contribution in [1.29, 1.82) is 0 Å². The Hall–Kier alpha value is -1.76. The van der Waals surface area contributed by atoms with Gasteiger partial charge in [-0.2, -0.15) is 0 Å². The Morgan fingerprint density at radius 3 is 1.43 bits per heavy atom. The van der Waals surface area contributed by atoms with Gasteiger partial charge in [0.1, 0.15) is 0 Å². The predicted octanol–water partition coefficient (Wildman–Crippen LogP) is -1.51. The summed E-state index contributed by atoms with van der Waals surface area (Å²) in [6.45, 7) is 1.95. The fourth-order valence-corrected chi connectivity index (χ4v) is 0.507. The monoisotopic (exact) mass is 203 g/mol. The van der Waals surface area contributed by atoms with Crippen LogP contribution < -0.4 is 5.73 Å². The van der Waals surface area contributed by atoms with Crippen LogP contribution in [0.2, 0.25) is 0 Å². The van der Waals surface area contributed by atoms with Gasteiger partial charge in [-0.3, -0.25) is 9.59 Å². The van der Waals surface area contributed by atoms with Gasteiger partial charge in [-0.05, 0) is 0 Å². The Balaban J connectivity index is 4.24. The maximum Gasteiger partial charge on any atom is 0.342 e. The third-order valence-electron chi connectivity index (χ3n) is 0.997. The molecule has 0 aliphatic heterocycles. The Bertz CT molecular complexity index is 256. The van der Waals surface area contributed by atoms with E-state index in [1.165, 1.54) is 0 Å². The summed E-state index contributed by atoms with van der Waals surface area (Å²) in [5.41, 5.74) is 5.00. The second kappa shape index (κ2) is 5.07. The van der Waals surface area contributed by atoms with E-state index in [1.54, 1.807) is 0 Å². The first-order valence-corrected chi connectivity index (χ1v) is 3.54. The lowest BCUT2D eigenvalue weighted by Crippen LogP contribution is -2.42. The molecule has 0 aliphatic carbocycles. The number of nitrogens with two attached hydrogens (primary N) is 1. The van der Waals surface area contributed by atoms with Crippen LogP contribution in [0.25, 0.3) is 0 Å². The third kappa shape index (κ3) is 4.31. The van der Waals surface area contributed by atoms with Gasteiger partial charge >= 0.3 is 23.9 Å². The fraction of sp³-hybridized carbons (Fsp3) is 0.429.